The van der Waals surface area contributed by atoms with E-state index in [-0.39, 0.29) is 29.6 Å². The summed E-state index contributed by atoms with van der Waals surface area (Å²) in [5.74, 6) is 0.399. The fourth-order valence-electron chi connectivity index (χ4n) is 3.50. The van der Waals surface area contributed by atoms with Crippen LogP contribution < -0.4 is 5.32 Å². The van der Waals surface area contributed by atoms with E-state index in [0.29, 0.717) is 19.3 Å². The van der Waals surface area contributed by atoms with Crippen LogP contribution in [-0.4, -0.2) is 16.7 Å². The number of Topliss-reactive ketones (excluding diaryl/α,β-unsaturated/α-hetero) is 1. The van der Waals surface area contributed by atoms with Crippen LogP contribution in [0.2, 0.25) is 0 Å². The van der Waals surface area contributed by atoms with E-state index < -0.39 is 0 Å². The second-order valence-corrected chi connectivity index (χ2v) is 6.96. The van der Waals surface area contributed by atoms with Crippen molar-refractivity contribution in [2.75, 3.05) is 0 Å². The van der Waals surface area contributed by atoms with Crippen LogP contribution in [0, 0.1) is 11.8 Å². The topological polar surface area (TPSA) is 59.1 Å². The Morgan fingerprint density at radius 2 is 1.96 bits per heavy atom. The predicted molar refractivity (Wildman–Crippen MR) is 97.7 cm³/mol. The van der Waals surface area contributed by atoms with Crippen molar-refractivity contribution in [3.63, 3.8) is 0 Å². The molecule has 25 heavy (non-hydrogen) atoms. The van der Waals surface area contributed by atoms with Gasteiger partial charge in [-0.25, -0.2) is 0 Å². The SMILES string of the molecule is CC(NC(=O)C1CCC(=O)CC1C)c1ccc(-c2cccnc2)cc1. The fourth-order valence-corrected chi connectivity index (χ4v) is 3.50. The van der Waals surface area contributed by atoms with Crippen LogP contribution in [0.15, 0.2) is 48.8 Å². The summed E-state index contributed by atoms with van der Waals surface area (Å²) in [6, 6.07) is 12.1. The Morgan fingerprint density at radius 3 is 2.60 bits per heavy atom. The van der Waals surface area contributed by atoms with E-state index in [9.17, 15) is 9.59 Å². The monoisotopic (exact) mass is 336 g/mol. The summed E-state index contributed by atoms with van der Waals surface area (Å²) >= 11 is 0. The minimum Gasteiger partial charge on any atom is -0.349 e. The quantitative estimate of drug-likeness (QED) is 0.920. The highest BCUT2D eigenvalue weighted by molar-refractivity contribution is 5.85. The number of hydrogen-bond acceptors (Lipinski definition) is 3. The summed E-state index contributed by atoms with van der Waals surface area (Å²) in [6.45, 7) is 3.99. The molecule has 1 aromatic heterocycles. The van der Waals surface area contributed by atoms with Crippen molar-refractivity contribution in [2.45, 2.75) is 39.2 Å². The first-order valence-electron chi connectivity index (χ1n) is 8.87. The Labute approximate surface area is 148 Å². The number of aromatic nitrogens is 1. The molecule has 3 atom stereocenters. The molecule has 0 aliphatic heterocycles. The zero-order valence-corrected chi connectivity index (χ0v) is 14.7. The molecule has 1 amide bonds. The third-order valence-corrected chi connectivity index (χ3v) is 5.07. The maximum Gasteiger partial charge on any atom is 0.223 e. The Balaban J connectivity index is 1.64. The smallest absolute Gasteiger partial charge is 0.223 e. The first-order chi connectivity index (χ1) is 12.0. The number of benzene rings is 1. The normalized spacial score (nSPS) is 21.6. The molecule has 0 bridgehead atoms. The second-order valence-electron chi connectivity index (χ2n) is 6.96. The van der Waals surface area contributed by atoms with Gasteiger partial charge in [-0.2, -0.15) is 0 Å². The van der Waals surface area contributed by atoms with Gasteiger partial charge in [-0.15, -0.1) is 0 Å². The second kappa shape index (κ2) is 7.60. The van der Waals surface area contributed by atoms with Crippen LogP contribution in [0.25, 0.3) is 11.1 Å². The third kappa shape index (κ3) is 4.13. The van der Waals surface area contributed by atoms with Gasteiger partial charge >= 0.3 is 0 Å². The van der Waals surface area contributed by atoms with Gasteiger partial charge in [0.1, 0.15) is 5.78 Å². The van der Waals surface area contributed by atoms with E-state index in [2.05, 4.69) is 22.4 Å². The van der Waals surface area contributed by atoms with E-state index in [1.54, 1.807) is 6.20 Å². The third-order valence-electron chi connectivity index (χ3n) is 5.07. The molecule has 0 spiro atoms. The number of nitrogens with one attached hydrogen (secondary N) is 1. The zero-order valence-electron chi connectivity index (χ0n) is 14.7. The van der Waals surface area contributed by atoms with Gasteiger partial charge in [-0.05, 0) is 42.0 Å². The lowest BCUT2D eigenvalue weighted by atomic mass is 9.79. The van der Waals surface area contributed by atoms with Gasteiger partial charge < -0.3 is 5.32 Å². The Kier molecular flexibility index (Phi) is 5.27. The van der Waals surface area contributed by atoms with Gasteiger partial charge in [0.15, 0.2) is 0 Å². The summed E-state index contributed by atoms with van der Waals surface area (Å²) in [7, 11) is 0. The summed E-state index contributed by atoms with van der Waals surface area (Å²) in [6.07, 6.45) is 5.31. The summed E-state index contributed by atoms with van der Waals surface area (Å²) in [5, 5.41) is 3.11. The van der Waals surface area contributed by atoms with E-state index in [1.165, 1.54) is 0 Å². The van der Waals surface area contributed by atoms with Crippen LogP contribution in [0.1, 0.15) is 44.7 Å². The molecule has 3 unspecified atom stereocenters. The first kappa shape index (κ1) is 17.3. The Bertz CT molecular complexity index is 740. The highest BCUT2D eigenvalue weighted by Crippen LogP contribution is 2.29. The summed E-state index contributed by atoms with van der Waals surface area (Å²) in [4.78, 5) is 28.2. The van der Waals surface area contributed by atoms with Gasteiger partial charge in [0.2, 0.25) is 5.91 Å². The van der Waals surface area contributed by atoms with Crippen molar-refractivity contribution < 1.29 is 9.59 Å². The maximum absolute atomic E-state index is 12.6. The number of carbonyl (C=O) groups is 2. The van der Waals surface area contributed by atoms with Crippen molar-refractivity contribution in [3.8, 4) is 11.1 Å². The lowest BCUT2D eigenvalue weighted by Crippen LogP contribution is -2.38. The average Bonchev–Trinajstić information content (AvgIpc) is 2.62. The minimum absolute atomic E-state index is 0.0553. The van der Waals surface area contributed by atoms with Crippen molar-refractivity contribution >= 4 is 11.7 Å². The number of rotatable bonds is 4. The molecule has 4 heteroatoms. The van der Waals surface area contributed by atoms with Crippen LogP contribution >= 0.6 is 0 Å². The predicted octanol–water partition coefficient (Wildman–Crippen LogP) is 3.93. The molecule has 1 aliphatic rings. The standard InChI is InChI=1S/C21H24N2O2/c1-14-12-19(24)9-10-20(14)21(25)23-15(2)16-5-7-17(8-6-16)18-4-3-11-22-13-18/h3-8,11,13-15,20H,9-10,12H2,1-2H3,(H,23,25). The molecule has 1 fully saturated rings. The van der Waals surface area contributed by atoms with Crippen LogP contribution in [0.3, 0.4) is 0 Å². The lowest BCUT2D eigenvalue weighted by molar-refractivity contribution is -0.131. The number of nitrogens with zero attached hydrogens (tertiary/aromatic N) is 1. The van der Waals surface area contributed by atoms with Crippen LogP contribution in [-0.2, 0) is 9.59 Å². The molecular formula is C21H24N2O2. The van der Waals surface area contributed by atoms with Crippen LogP contribution in [0.4, 0.5) is 0 Å². The molecule has 2 aromatic rings. The van der Waals surface area contributed by atoms with Crippen molar-refractivity contribution in [1.82, 2.24) is 10.3 Å². The number of amides is 1. The summed E-state index contributed by atoms with van der Waals surface area (Å²) in [5.41, 5.74) is 3.25. The molecule has 1 aliphatic carbocycles. The summed E-state index contributed by atoms with van der Waals surface area (Å²) < 4.78 is 0. The molecule has 1 saturated carbocycles. The lowest BCUT2D eigenvalue weighted by Gasteiger charge is -2.28. The largest absolute Gasteiger partial charge is 0.349 e. The van der Waals surface area contributed by atoms with Gasteiger partial charge in [0.25, 0.3) is 0 Å². The molecule has 0 saturated heterocycles. The molecule has 0 radical (unpaired) electrons. The van der Waals surface area contributed by atoms with E-state index in [4.69, 9.17) is 0 Å². The molecule has 1 N–H and O–H groups in total. The molecule has 3 rings (SSSR count). The minimum atomic E-state index is -0.0604. The Morgan fingerprint density at radius 1 is 1.20 bits per heavy atom. The van der Waals surface area contributed by atoms with E-state index >= 15 is 0 Å². The van der Waals surface area contributed by atoms with E-state index in [1.807, 2.05) is 44.3 Å². The van der Waals surface area contributed by atoms with Gasteiger partial charge in [-0.1, -0.05) is 37.3 Å². The van der Waals surface area contributed by atoms with E-state index in [0.717, 1.165) is 16.7 Å². The highest BCUT2D eigenvalue weighted by Gasteiger charge is 2.31. The van der Waals surface area contributed by atoms with Gasteiger partial charge in [0.05, 0.1) is 6.04 Å². The average molecular weight is 336 g/mol. The maximum atomic E-state index is 12.6. The molecule has 130 valence electrons. The number of carbonyl (C=O) groups excluding carboxylic acids is 2. The zero-order chi connectivity index (χ0) is 17.8. The highest BCUT2D eigenvalue weighted by atomic mass is 16.2. The molecule has 4 nitrogen and oxygen atoms in total. The Hall–Kier alpha value is -2.49. The first-order valence-corrected chi connectivity index (χ1v) is 8.87. The number of pyridine rings is 1. The van der Waals surface area contributed by atoms with Gasteiger partial charge in [-0.3, -0.25) is 14.6 Å². The molecule has 1 heterocycles. The van der Waals surface area contributed by atoms with Crippen molar-refractivity contribution in [1.29, 1.82) is 0 Å². The van der Waals surface area contributed by atoms with Crippen molar-refractivity contribution in [2.24, 2.45) is 11.8 Å². The number of ketones is 1. The fraction of sp³-hybridized carbons (Fsp3) is 0.381. The number of hydrogen-bond donors (Lipinski definition) is 1. The molecular weight excluding hydrogens is 312 g/mol. The van der Waals surface area contributed by atoms with Crippen LogP contribution in [0.5, 0.6) is 0 Å². The van der Waals surface area contributed by atoms with Crippen molar-refractivity contribution in [3.05, 3.63) is 54.4 Å². The molecule has 1 aromatic carbocycles. The van der Waals surface area contributed by atoms with Gasteiger partial charge in [0, 0.05) is 31.2 Å².